The van der Waals surface area contributed by atoms with Crippen molar-refractivity contribution < 1.29 is 9.72 Å². The van der Waals surface area contributed by atoms with Gasteiger partial charge in [0.25, 0.3) is 11.6 Å². The highest BCUT2D eigenvalue weighted by molar-refractivity contribution is 5.95. The van der Waals surface area contributed by atoms with Crippen LogP contribution in [0.4, 0.5) is 5.69 Å². The standard InChI is InChI=1S/C16H13N5O3/c1-11-15(18-14-7-2-3-8-20(11)14)16(22)19-17-10-12-5-4-6-13(9-12)21(23)24/h2-10H,1H3,(H,19,22)/b17-10-. The van der Waals surface area contributed by atoms with Crippen molar-refractivity contribution in [3.8, 4) is 0 Å². The topological polar surface area (TPSA) is 102 Å². The van der Waals surface area contributed by atoms with E-state index in [-0.39, 0.29) is 11.4 Å². The maximum atomic E-state index is 12.2. The van der Waals surface area contributed by atoms with Crippen LogP contribution in [0.25, 0.3) is 5.65 Å². The van der Waals surface area contributed by atoms with E-state index in [4.69, 9.17) is 0 Å². The van der Waals surface area contributed by atoms with Crippen LogP contribution >= 0.6 is 0 Å². The van der Waals surface area contributed by atoms with Crippen LogP contribution in [0.15, 0.2) is 53.8 Å². The second-order valence-electron chi connectivity index (χ2n) is 5.03. The Labute approximate surface area is 136 Å². The molecule has 0 radical (unpaired) electrons. The predicted octanol–water partition coefficient (Wildman–Crippen LogP) is 2.31. The van der Waals surface area contributed by atoms with Gasteiger partial charge in [0.2, 0.25) is 0 Å². The lowest BCUT2D eigenvalue weighted by molar-refractivity contribution is -0.384. The van der Waals surface area contributed by atoms with Crippen molar-refractivity contribution in [1.82, 2.24) is 14.8 Å². The summed E-state index contributed by atoms with van der Waals surface area (Å²) in [6, 6.07) is 11.4. The zero-order chi connectivity index (χ0) is 17.1. The minimum Gasteiger partial charge on any atom is -0.304 e. The number of nitrogens with zero attached hydrogens (tertiary/aromatic N) is 4. The van der Waals surface area contributed by atoms with Gasteiger partial charge in [-0.3, -0.25) is 14.9 Å². The molecule has 1 N–H and O–H groups in total. The first-order valence-corrected chi connectivity index (χ1v) is 7.08. The summed E-state index contributed by atoms with van der Waals surface area (Å²) < 4.78 is 1.80. The largest absolute Gasteiger partial charge is 0.304 e. The van der Waals surface area contributed by atoms with Crippen LogP contribution in [0.3, 0.4) is 0 Å². The number of nitrogens with one attached hydrogen (secondary N) is 1. The normalized spacial score (nSPS) is 11.0. The van der Waals surface area contributed by atoms with Crippen molar-refractivity contribution in [2.45, 2.75) is 6.92 Å². The number of benzene rings is 1. The number of non-ortho nitro benzene ring substituents is 1. The van der Waals surface area contributed by atoms with Gasteiger partial charge in [0.05, 0.1) is 16.8 Å². The Morgan fingerprint density at radius 1 is 1.33 bits per heavy atom. The summed E-state index contributed by atoms with van der Waals surface area (Å²) in [5.41, 5.74) is 4.50. The first-order valence-electron chi connectivity index (χ1n) is 7.08. The van der Waals surface area contributed by atoms with E-state index in [1.165, 1.54) is 18.3 Å². The Hall–Kier alpha value is -3.55. The fourth-order valence-electron chi connectivity index (χ4n) is 2.27. The molecule has 2 heterocycles. The van der Waals surface area contributed by atoms with Gasteiger partial charge in [0, 0.05) is 23.9 Å². The second kappa shape index (κ2) is 6.29. The molecule has 8 heteroatoms. The number of rotatable bonds is 4. The summed E-state index contributed by atoms with van der Waals surface area (Å²) in [7, 11) is 0. The fourth-order valence-corrected chi connectivity index (χ4v) is 2.27. The molecule has 0 saturated heterocycles. The molecule has 0 aliphatic heterocycles. The fraction of sp³-hybridized carbons (Fsp3) is 0.0625. The van der Waals surface area contributed by atoms with E-state index in [1.54, 1.807) is 29.5 Å². The van der Waals surface area contributed by atoms with E-state index in [0.717, 1.165) is 0 Å². The molecule has 8 nitrogen and oxygen atoms in total. The average molecular weight is 323 g/mol. The number of pyridine rings is 1. The van der Waals surface area contributed by atoms with E-state index >= 15 is 0 Å². The first-order chi connectivity index (χ1) is 11.6. The Morgan fingerprint density at radius 2 is 2.17 bits per heavy atom. The minimum atomic E-state index is -0.490. The molecule has 0 fully saturated rings. The molecule has 1 aromatic carbocycles. The Balaban J connectivity index is 1.76. The lowest BCUT2D eigenvalue weighted by Crippen LogP contribution is -2.19. The quantitative estimate of drug-likeness (QED) is 0.452. The molecule has 3 aromatic rings. The summed E-state index contributed by atoms with van der Waals surface area (Å²) in [6.07, 6.45) is 3.16. The number of nitro benzene ring substituents is 1. The minimum absolute atomic E-state index is 0.0403. The summed E-state index contributed by atoms with van der Waals surface area (Å²) in [6.45, 7) is 1.79. The van der Waals surface area contributed by atoms with Crippen LogP contribution in [-0.4, -0.2) is 26.4 Å². The molecular formula is C16H13N5O3. The lowest BCUT2D eigenvalue weighted by atomic mass is 10.2. The Bertz CT molecular complexity index is 961. The molecule has 0 aliphatic carbocycles. The molecule has 0 spiro atoms. The molecule has 1 amide bonds. The van der Waals surface area contributed by atoms with Crippen LogP contribution in [0.5, 0.6) is 0 Å². The number of carbonyl (C=O) groups excluding carboxylic acids is 1. The number of hydrogen-bond donors (Lipinski definition) is 1. The maximum Gasteiger partial charge on any atom is 0.291 e. The van der Waals surface area contributed by atoms with Gasteiger partial charge in [-0.1, -0.05) is 18.2 Å². The van der Waals surface area contributed by atoms with Gasteiger partial charge >= 0.3 is 0 Å². The van der Waals surface area contributed by atoms with Crippen LogP contribution in [0.2, 0.25) is 0 Å². The molecule has 2 aromatic heterocycles. The molecular weight excluding hydrogens is 310 g/mol. The van der Waals surface area contributed by atoms with Gasteiger partial charge < -0.3 is 4.40 Å². The summed E-state index contributed by atoms with van der Waals surface area (Å²) in [5, 5.41) is 14.6. The van der Waals surface area contributed by atoms with Crippen LogP contribution in [-0.2, 0) is 0 Å². The molecule has 0 aliphatic rings. The molecule has 0 unspecified atom stereocenters. The molecule has 0 bridgehead atoms. The van der Waals surface area contributed by atoms with Crippen LogP contribution in [0, 0.1) is 17.0 Å². The second-order valence-corrected chi connectivity index (χ2v) is 5.03. The lowest BCUT2D eigenvalue weighted by Gasteiger charge is -1.98. The molecule has 0 saturated carbocycles. The van der Waals surface area contributed by atoms with Gasteiger partial charge in [-0.2, -0.15) is 5.10 Å². The van der Waals surface area contributed by atoms with Crippen LogP contribution < -0.4 is 5.43 Å². The highest BCUT2D eigenvalue weighted by Crippen LogP contribution is 2.12. The van der Waals surface area contributed by atoms with Gasteiger partial charge in [0.15, 0.2) is 5.69 Å². The SMILES string of the molecule is Cc1c(C(=O)N/N=C\c2cccc([N+](=O)[O-])c2)nc2ccccn12. The van der Waals surface area contributed by atoms with E-state index in [2.05, 4.69) is 15.5 Å². The predicted molar refractivity (Wildman–Crippen MR) is 88.1 cm³/mol. The summed E-state index contributed by atoms with van der Waals surface area (Å²) >= 11 is 0. The number of amides is 1. The monoisotopic (exact) mass is 323 g/mol. The van der Waals surface area contributed by atoms with Crippen molar-refractivity contribution >= 4 is 23.5 Å². The summed E-state index contributed by atoms with van der Waals surface area (Å²) in [4.78, 5) is 26.7. The number of aryl methyl sites for hydroxylation is 1. The first kappa shape index (κ1) is 15.3. The number of fused-ring (bicyclic) bond motifs is 1. The third-order valence-electron chi connectivity index (χ3n) is 3.44. The number of hydrazone groups is 1. The van der Waals surface area contributed by atoms with Crippen molar-refractivity contribution in [2.75, 3.05) is 0 Å². The molecule has 0 atom stereocenters. The van der Waals surface area contributed by atoms with Crippen molar-refractivity contribution in [3.63, 3.8) is 0 Å². The average Bonchev–Trinajstić information content (AvgIpc) is 2.92. The van der Waals surface area contributed by atoms with Gasteiger partial charge in [0.1, 0.15) is 5.65 Å². The van der Waals surface area contributed by atoms with E-state index in [1.807, 2.05) is 18.3 Å². The van der Waals surface area contributed by atoms with Crippen molar-refractivity contribution in [3.05, 3.63) is 75.7 Å². The Morgan fingerprint density at radius 3 is 2.92 bits per heavy atom. The zero-order valence-electron chi connectivity index (χ0n) is 12.7. The third-order valence-corrected chi connectivity index (χ3v) is 3.44. The number of aromatic nitrogens is 2. The van der Waals surface area contributed by atoms with E-state index < -0.39 is 10.8 Å². The highest BCUT2D eigenvalue weighted by Gasteiger charge is 2.14. The van der Waals surface area contributed by atoms with Gasteiger partial charge in [-0.25, -0.2) is 10.4 Å². The van der Waals surface area contributed by atoms with Crippen molar-refractivity contribution in [2.24, 2.45) is 5.10 Å². The molecule has 120 valence electrons. The maximum absolute atomic E-state index is 12.2. The molecule has 3 rings (SSSR count). The van der Waals surface area contributed by atoms with Gasteiger partial charge in [-0.15, -0.1) is 0 Å². The summed E-state index contributed by atoms with van der Waals surface area (Å²) in [5.74, 6) is -0.446. The van der Waals surface area contributed by atoms with Crippen LogP contribution in [0.1, 0.15) is 21.7 Å². The highest BCUT2D eigenvalue weighted by atomic mass is 16.6. The van der Waals surface area contributed by atoms with Crippen molar-refractivity contribution in [1.29, 1.82) is 0 Å². The number of imidazole rings is 1. The van der Waals surface area contributed by atoms with E-state index in [0.29, 0.717) is 16.9 Å². The van der Waals surface area contributed by atoms with E-state index in [9.17, 15) is 14.9 Å². The zero-order valence-corrected chi connectivity index (χ0v) is 12.7. The van der Waals surface area contributed by atoms with Gasteiger partial charge in [-0.05, 0) is 19.1 Å². The number of hydrogen-bond acceptors (Lipinski definition) is 5. The molecule has 24 heavy (non-hydrogen) atoms. The Kier molecular flexibility index (Phi) is 4.02. The third kappa shape index (κ3) is 2.98. The smallest absolute Gasteiger partial charge is 0.291 e. The number of nitro groups is 1. The number of carbonyl (C=O) groups is 1.